The molecule has 0 bridgehead atoms. The van der Waals surface area contributed by atoms with E-state index in [1.165, 1.54) is 13.0 Å². The van der Waals surface area contributed by atoms with Crippen LogP contribution in [0, 0.1) is 17.2 Å². The van der Waals surface area contributed by atoms with Gasteiger partial charge in [-0.2, -0.15) is 18.4 Å². The molecule has 0 radical (unpaired) electrons. The monoisotopic (exact) mass is 249 g/mol. The first-order valence-corrected chi connectivity index (χ1v) is 5.34. The topological polar surface area (TPSA) is 64.9 Å². The summed E-state index contributed by atoms with van der Waals surface area (Å²) in [6, 6.07) is 0.610. The Morgan fingerprint density at radius 2 is 2.12 bits per heavy atom. The lowest BCUT2D eigenvalue weighted by Gasteiger charge is -2.17. The highest BCUT2D eigenvalue weighted by Gasteiger charge is 2.40. The average Bonchev–Trinajstić information content (AvgIpc) is 3.00. The zero-order valence-corrected chi connectivity index (χ0v) is 9.34. The molecule has 17 heavy (non-hydrogen) atoms. The summed E-state index contributed by atoms with van der Waals surface area (Å²) in [6.07, 6.45) is -2.72. The Morgan fingerprint density at radius 3 is 2.53 bits per heavy atom. The van der Waals surface area contributed by atoms with Crippen LogP contribution < -0.4 is 10.6 Å². The summed E-state index contributed by atoms with van der Waals surface area (Å²) in [6.45, 7) is 0.905. The van der Waals surface area contributed by atoms with Crippen molar-refractivity contribution >= 4 is 5.91 Å². The SMILES string of the molecule is CC(NCC(C#N)C(F)(F)F)C(=O)NC1CC1. The first-order chi connectivity index (χ1) is 7.84. The number of rotatable bonds is 5. The molecule has 1 amide bonds. The largest absolute Gasteiger partial charge is 0.405 e. The van der Waals surface area contributed by atoms with Gasteiger partial charge in [0.15, 0.2) is 5.92 Å². The smallest absolute Gasteiger partial charge is 0.352 e. The van der Waals surface area contributed by atoms with Gasteiger partial charge < -0.3 is 10.6 Å². The van der Waals surface area contributed by atoms with Crippen molar-refractivity contribution in [1.82, 2.24) is 10.6 Å². The molecule has 0 spiro atoms. The minimum Gasteiger partial charge on any atom is -0.352 e. The van der Waals surface area contributed by atoms with E-state index in [1.807, 2.05) is 0 Å². The second kappa shape index (κ2) is 5.36. The van der Waals surface area contributed by atoms with Gasteiger partial charge in [0.1, 0.15) is 0 Å². The molecule has 96 valence electrons. The van der Waals surface area contributed by atoms with Crippen LogP contribution >= 0.6 is 0 Å². The first kappa shape index (κ1) is 13.8. The van der Waals surface area contributed by atoms with Crippen LogP contribution in [-0.4, -0.2) is 30.7 Å². The number of hydrogen-bond donors (Lipinski definition) is 2. The zero-order chi connectivity index (χ0) is 13.1. The van der Waals surface area contributed by atoms with E-state index in [2.05, 4.69) is 10.6 Å². The molecule has 0 aromatic rings. The van der Waals surface area contributed by atoms with Gasteiger partial charge in [-0.05, 0) is 19.8 Å². The summed E-state index contributed by atoms with van der Waals surface area (Å²) in [5.41, 5.74) is 0. The molecule has 2 unspecified atom stereocenters. The van der Waals surface area contributed by atoms with Crippen molar-refractivity contribution in [3.05, 3.63) is 0 Å². The number of halogens is 3. The van der Waals surface area contributed by atoms with Crippen LogP contribution in [0.4, 0.5) is 13.2 Å². The zero-order valence-electron chi connectivity index (χ0n) is 9.34. The minimum atomic E-state index is -4.56. The van der Waals surface area contributed by atoms with E-state index in [-0.39, 0.29) is 11.9 Å². The number of amides is 1. The van der Waals surface area contributed by atoms with Crippen LogP contribution in [0.15, 0.2) is 0 Å². The van der Waals surface area contributed by atoms with Crippen LogP contribution in [0.5, 0.6) is 0 Å². The predicted octanol–water partition coefficient (Wildman–Crippen LogP) is 0.945. The fourth-order valence-corrected chi connectivity index (χ4v) is 1.18. The third-order valence-electron chi connectivity index (χ3n) is 2.50. The van der Waals surface area contributed by atoms with Crippen LogP contribution in [0.2, 0.25) is 0 Å². The third kappa shape index (κ3) is 4.61. The molecule has 1 aliphatic carbocycles. The lowest BCUT2D eigenvalue weighted by Crippen LogP contribution is -2.46. The van der Waals surface area contributed by atoms with Gasteiger partial charge >= 0.3 is 6.18 Å². The van der Waals surface area contributed by atoms with Gasteiger partial charge in [0, 0.05) is 12.6 Å². The van der Waals surface area contributed by atoms with Gasteiger partial charge in [0.25, 0.3) is 0 Å². The second-order valence-electron chi connectivity index (χ2n) is 4.14. The molecule has 0 aromatic carbocycles. The first-order valence-electron chi connectivity index (χ1n) is 5.34. The van der Waals surface area contributed by atoms with Crippen molar-refractivity contribution in [2.75, 3.05) is 6.54 Å². The summed E-state index contributed by atoms with van der Waals surface area (Å²) in [4.78, 5) is 11.4. The Morgan fingerprint density at radius 1 is 1.53 bits per heavy atom. The van der Waals surface area contributed by atoms with Gasteiger partial charge in [-0.1, -0.05) is 0 Å². The van der Waals surface area contributed by atoms with E-state index >= 15 is 0 Å². The van der Waals surface area contributed by atoms with E-state index in [1.54, 1.807) is 0 Å². The van der Waals surface area contributed by atoms with Gasteiger partial charge in [-0.15, -0.1) is 0 Å². The van der Waals surface area contributed by atoms with Gasteiger partial charge in [0.2, 0.25) is 5.91 Å². The maximum absolute atomic E-state index is 12.2. The highest BCUT2D eigenvalue weighted by atomic mass is 19.4. The summed E-state index contributed by atoms with van der Waals surface area (Å²) in [5.74, 6) is -2.41. The fourth-order valence-electron chi connectivity index (χ4n) is 1.18. The van der Waals surface area contributed by atoms with Crippen molar-refractivity contribution in [2.24, 2.45) is 5.92 Å². The van der Waals surface area contributed by atoms with Crippen molar-refractivity contribution in [2.45, 2.75) is 38.0 Å². The normalized spacial score (nSPS) is 19.2. The minimum absolute atomic E-state index is 0.168. The highest BCUT2D eigenvalue weighted by molar-refractivity contribution is 5.81. The number of nitrogens with zero attached hydrogens (tertiary/aromatic N) is 1. The quantitative estimate of drug-likeness (QED) is 0.762. The van der Waals surface area contributed by atoms with E-state index in [9.17, 15) is 18.0 Å². The predicted molar refractivity (Wildman–Crippen MR) is 53.8 cm³/mol. The summed E-state index contributed by atoms with van der Waals surface area (Å²) in [5, 5.41) is 13.4. The third-order valence-corrected chi connectivity index (χ3v) is 2.50. The molecule has 0 aliphatic heterocycles. The number of carbonyl (C=O) groups is 1. The average molecular weight is 249 g/mol. The maximum Gasteiger partial charge on any atom is 0.405 e. The van der Waals surface area contributed by atoms with Crippen molar-refractivity contribution < 1.29 is 18.0 Å². The van der Waals surface area contributed by atoms with E-state index in [0.29, 0.717) is 0 Å². The summed E-state index contributed by atoms with van der Waals surface area (Å²) in [7, 11) is 0. The number of carbonyl (C=O) groups excluding carboxylic acids is 1. The standard InChI is InChI=1S/C10H14F3N3O/c1-6(9(17)16-8-2-3-8)15-5-7(4-14)10(11,12)13/h6-8,15H,2-3,5H2,1H3,(H,16,17). The molecular formula is C10H14F3N3O. The molecule has 1 fully saturated rings. The fraction of sp³-hybridized carbons (Fsp3) is 0.800. The molecule has 0 aromatic heterocycles. The number of nitrogens with one attached hydrogen (secondary N) is 2. The highest BCUT2D eigenvalue weighted by Crippen LogP contribution is 2.25. The molecule has 2 atom stereocenters. The van der Waals surface area contributed by atoms with E-state index < -0.39 is 24.7 Å². The Bertz CT molecular complexity index is 320. The molecule has 1 saturated carbocycles. The number of alkyl halides is 3. The number of hydrogen-bond acceptors (Lipinski definition) is 3. The molecule has 1 aliphatic rings. The summed E-state index contributed by atoms with van der Waals surface area (Å²) >= 11 is 0. The molecular weight excluding hydrogens is 235 g/mol. The molecule has 2 N–H and O–H groups in total. The van der Waals surface area contributed by atoms with Gasteiger partial charge in [-0.25, -0.2) is 0 Å². The molecule has 0 heterocycles. The second-order valence-corrected chi connectivity index (χ2v) is 4.14. The van der Waals surface area contributed by atoms with Crippen molar-refractivity contribution in [1.29, 1.82) is 5.26 Å². The molecule has 4 nitrogen and oxygen atoms in total. The molecule has 0 saturated heterocycles. The number of nitriles is 1. The van der Waals surface area contributed by atoms with Crippen LogP contribution in [0.25, 0.3) is 0 Å². The Balaban J connectivity index is 2.33. The molecule has 7 heteroatoms. The van der Waals surface area contributed by atoms with Crippen molar-refractivity contribution in [3.8, 4) is 6.07 Å². The van der Waals surface area contributed by atoms with Crippen LogP contribution in [0.3, 0.4) is 0 Å². The van der Waals surface area contributed by atoms with Crippen molar-refractivity contribution in [3.63, 3.8) is 0 Å². The lowest BCUT2D eigenvalue weighted by molar-refractivity contribution is -0.158. The Kier molecular flexibility index (Phi) is 4.34. The Labute approximate surface area is 97.2 Å². The van der Waals surface area contributed by atoms with Crippen LogP contribution in [-0.2, 0) is 4.79 Å². The van der Waals surface area contributed by atoms with E-state index in [0.717, 1.165) is 12.8 Å². The summed E-state index contributed by atoms with van der Waals surface area (Å²) < 4.78 is 36.7. The lowest BCUT2D eigenvalue weighted by atomic mass is 10.1. The van der Waals surface area contributed by atoms with Gasteiger partial charge in [-0.3, -0.25) is 4.79 Å². The van der Waals surface area contributed by atoms with E-state index in [4.69, 9.17) is 5.26 Å². The van der Waals surface area contributed by atoms with Crippen LogP contribution in [0.1, 0.15) is 19.8 Å². The van der Waals surface area contributed by atoms with Gasteiger partial charge in [0.05, 0.1) is 12.1 Å². The molecule has 1 rings (SSSR count). The Hall–Kier alpha value is -1.29. The maximum atomic E-state index is 12.2.